The molecule has 0 bridgehead atoms. The second-order valence-electron chi connectivity index (χ2n) is 4.88. The molecule has 0 aliphatic rings. The second kappa shape index (κ2) is 7.43. The van der Waals surface area contributed by atoms with Crippen molar-refractivity contribution in [3.05, 3.63) is 29.0 Å². The first kappa shape index (κ1) is 15.8. The highest BCUT2D eigenvalue weighted by molar-refractivity contribution is 6.35. The minimum absolute atomic E-state index is 0.194. The van der Waals surface area contributed by atoms with Crippen LogP contribution in [-0.2, 0) is 22.5 Å². The number of hydrogen-bond donors (Lipinski definition) is 1. The molecule has 1 N–H and O–H groups in total. The molecule has 1 heterocycles. The van der Waals surface area contributed by atoms with Gasteiger partial charge in [0.05, 0.1) is 22.7 Å². The van der Waals surface area contributed by atoms with Gasteiger partial charge in [0, 0.05) is 26.5 Å². The normalized spacial score (nSPS) is 11.1. The minimum Gasteiger partial charge on any atom is -0.481 e. The Bertz CT molecular complexity index is 625. The van der Waals surface area contributed by atoms with E-state index in [4.69, 9.17) is 21.4 Å². The summed E-state index contributed by atoms with van der Waals surface area (Å²) >= 11 is 6.28. The molecule has 0 aliphatic heterocycles. The number of para-hydroxylation sites is 1. The highest BCUT2D eigenvalue weighted by Crippen LogP contribution is 2.25. The zero-order chi connectivity index (χ0) is 15.2. The van der Waals surface area contributed by atoms with Gasteiger partial charge in [0.2, 0.25) is 0 Å². The van der Waals surface area contributed by atoms with Gasteiger partial charge in [-0.05, 0) is 25.0 Å². The fraction of sp³-hybridized carbons (Fsp3) is 0.467. The van der Waals surface area contributed by atoms with Crippen LogP contribution in [0, 0.1) is 0 Å². The molecule has 0 spiro atoms. The number of hydrogen-bond acceptors (Lipinski definition) is 3. The van der Waals surface area contributed by atoms with Crippen molar-refractivity contribution in [3.8, 4) is 0 Å². The Morgan fingerprint density at radius 1 is 1.43 bits per heavy atom. The maximum atomic E-state index is 10.5. The van der Waals surface area contributed by atoms with Crippen LogP contribution in [0.25, 0.3) is 11.0 Å². The average Bonchev–Trinajstić information content (AvgIpc) is 2.80. The van der Waals surface area contributed by atoms with Crippen molar-refractivity contribution in [1.82, 2.24) is 9.55 Å². The average molecular weight is 311 g/mol. The van der Waals surface area contributed by atoms with Gasteiger partial charge >= 0.3 is 5.97 Å². The van der Waals surface area contributed by atoms with Crippen molar-refractivity contribution in [2.45, 2.75) is 32.2 Å². The van der Waals surface area contributed by atoms with Crippen LogP contribution >= 0.6 is 11.6 Å². The number of carboxylic acids is 1. The van der Waals surface area contributed by atoms with Gasteiger partial charge in [-0.15, -0.1) is 0 Å². The summed E-state index contributed by atoms with van der Waals surface area (Å²) in [7, 11) is 1.66. The first-order chi connectivity index (χ1) is 10.1. The van der Waals surface area contributed by atoms with Crippen molar-refractivity contribution >= 4 is 28.6 Å². The molecule has 5 nitrogen and oxygen atoms in total. The number of imidazole rings is 1. The number of fused-ring (bicyclic) bond motifs is 1. The van der Waals surface area contributed by atoms with Gasteiger partial charge in [-0.3, -0.25) is 4.79 Å². The van der Waals surface area contributed by atoms with Crippen LogP contribution in [0.1, 0.15) is 25.1 Å². The third-order valence-electron chi connectivity index (χ3n) is 3.36. The summed E-state index contributed by atoms with van der Waals surface area (Å²) in [5.41, 5.74) is 1.79. The van der Waals surface area contributed by atoms with Crippen LogP contribution in [0.15, 0.2) is 18.2 Å². The van der Waals surface area contributed by atoms with Crippen LogP contribution in [0.3, 0.4) is 0 Å². The third-order valence-corrected chi connectivity index (χ3v) is 3.66. The summed E-state index contributed by atoms with van der Waals surface area (Å²) in [5.74, 6) is 0.173. The molecular formula is C15H19ClN2O3. The first-order valence-corrected chi connectivity index (χ1v) is 7.35. The van der Waals surface area contributed by atoms with Gasteiger partial charge in [-0.2, -0.15) is 0 Å². The Kier molecular flexibility index (Phi) is 5.59. The first-order valence-electron chi connectivity index (χ1n) is 6.98. The van der Waals surface area contributed by atoms with E-state index < -0.39 is 5.97 Å². The summed E-state index contributed by atoms with van der Waals surface area (Å²) < 4.78 is 7.22. The fourth-order valence-electron chi connectivity index (χ4n) is 2.36. The molecule has 0 saturated heterocycles. The number of methoxy groups -OCH3 is 1. The number of carboxylic acid groups (broad SMARTS) is 1. The number of aromatic nitrogens is 2. The number of unbranched alkanes of at least 4 members (excludes halogenated alkanes) is 1. The predicted molar refractivity (Wildman–Crippen MR) is 81.8 cm³/mol. The second-order valence-corrected chi connectivity index (χ2v) is 5.29. The highest BCUT2D eigenvalue weighted by atomic mass is 35.5. The van der Waals surface area contributed by atoms with Gasteiger partial charge in [0.1, 0.15) is 5.82 Å². The molecule has 6 heteroatoms. The van der Waals surface area contributed by atoms with Crippen molar-refractivity contribution in [1.29, 1.82) is 0 Å². The minimum atomic E-state index is -0.758. The monoisotopic (exact) mass is 310 g/mol. The molecule has 0 radical (unpaired) electrons. The van der Waals surface area contributed by atoms with E-state index in [0.29, 0.717) is 24.6 Å². The number of nitrogens with zero attached hydrogens (tertiary/aromatic N) is 2. The Balaban J connectivity index is 2.20. The number of halogens is 1. The van der Waals surface area contributed by atoms with Gasteiger partial charge in [-0.1, -0.05) is 17.7 Å². The van der Waals surface area contributed by atoms with Crippen LogP contribution < -0.4 is 0 Å². The quantitative estimate of drug-likeness (QED) is 0.761. The number of carbonyl (C=O) groups is 1. The lowest BCUT2D eigenvalue weighted by Gasteiger charge is -2.09. The number of ether oxygens (including phenoxy) is 1. The van der Waals surface area contributed by atoms with E-state index in [9.17, 15) is 4.79 Å². The zero-order valence-electron chi connectivity index (χ0n) is 12.0. The molecule has 0 atom stereocenters. The molecule has 114 valence electrons. The van der Waals surface area contributed by atoms with E-state index in [-0.39, 0.29) is 6.42 Å². The van der Waals surface area contributed by atoms with Crippen molar-refractivity contribution in [3.63, 3.8) is 0 Å². The molecule has 21 heavy (non-hydrogen) atoms. The summed E-state index contributed by atoms with van der Waals surface area (Å²) in [4.78, 5) is 15.2. The van der Waals surface area contributed by atoms with E-state index in [1.807, 2.05) is 18.2 Å². The SMILES string of the molecule is COCCn1c(CCCCC(=O)O)nc2cccc(Cl)c21. The van der Waals surface area contributed by atoms with Crippen molar-refractivity contribution in [2.24, 2.45) is 0 Å². The Hall–Kier alpha value is -1.59. The fourth-order valence-corrected chi connectivity index (χ4v) is 2.64. The molecule has 0 aliphatic carbocycles. The zero-order valence-corrected chi connectivity index (χ0v) is 12.8. The lowest BCUT2D eigenvalue weighted by molar-refractivity contribution is -0.137. The largest absolute Gasteiger partial charge is 0.481 e. The van der Waals surface area contributed by atoms with Gasteiger partial charge in [0.25, 0.3) is 0 Å². The Labute approximate surface area is 128 Å². The van der Waals surface area contributed by atoms with Crippen LogP contribution in [0.4, 0.5) is 0 Å². The van der Waals surface area contributed by atoms with Gasteiger partial charge < -0.3 is 14.4 Å². The van der Waals surface area contributed by atoms with Crippen LogP contribution in [-0.4, -0.2) is 34.3 Å². The van der Waals surface area contributed by atoms with Gasteiger partial charge in [0.15, 0.2) is 0 Å². The lowest BCUT2D eigenvalue weighted by atomic mass is 10.2. The molecule has 0 saturated carbocycles. The van der Waals surface area contributed by atoms with E-state index in [1.54, 1.807) is 7.11 Å². The number of rotatable bonds is 8. The Morgan fingerprint density at radius 3 is 2.95 bits per heavy atom. The number of aryl methyl sites for hydroxylation is 1. The van der Waals surface area contributed by atoms with E-state index in [0.717, 1.165) is 29.7 Å². The topological polar surface area (TPSA) is 64.3 Å². The van der Waals surface area contributed by atoms with Crippen LogP contribution in [0.2, 0.25) is 5.02 Å². The third kappa shape index (κ3) is 3.95. The summed E-state index contributed by atoms with van der Waals surface area (Å²) in [5, 5.41) is 9.35. The molecule has 0 amide bonds. The van der Waals surface area contributed by atoms with Gasteiger partial charge in [-0.25, -0.2) is 4.98 Å². The molecule has 2 aromatic rings. The van der Waals surface area contributed by atoms with E-state index in [1.165, 1.54) is 0 Å². The van der Waals surface area contributed by atoms with E-state index >= 15 is 0 Å². The summed E-state index contributed by atoms with van der Waals surface area (Å²) in [6.07, 6.45) is 2.37. The number of aliphatic carboxylic acids is 1. The maximum absolute atomic E-state index is 10.5. The predicted octanol–water partition coefficient (Wildman–Crippen LogP) is 3.13. The molecule has 0 fully saturated rings. The molecule has 1 aromatic heterocycles. The van der Waals surface area contributed by atoms with Crippen molar-refractivity contribution in [2.75, 3.05) is 13.7 Å². The van der Waals surface area contributed by atoms with E-state index in [2.05, 4.69) is 9.55 Å². The molecule has 1 aromatic carbocycles. The molecule has 0 unspecified atom stereocenters. The maximum Gasteiger partial charge on any atom is 0.303 e. The summed E-state index contributed by atoms with van der Waals surface area (Å²) in [6.45, 7) is 1.27. The van der Waals surface area contributed by atoms with Crippen LogP contribution in [0.5, 0.6) is 0 Å². The molecule has 2 rings (SSSR count). The Morgan fingerprint density at radius 2 is 2.24 bits per heavy atom. The van der Waals surface area contributed by atoms with Crippen molar-refractivity contribution < 1.29 is 14.6 Å². The lowest BCUT2D eigenvalue weighted by Crippen LogP contribution is -2.09. The highest BCUT2D eigenvalue weighted by Gasteiger charge is 2.13. The molecular weight excluding hydrogens is 292 g/mol. The summed E-state index contributed by atoms with van der Waals surface area (Å²) in [6, 6.07) is 5.67. The smallest absolute Gasteiger partial charge is 0.303 e. The number of benzene rings is 1. The standard InChI is InChI=1S/C15H19ClN2O3/c1-21-10-9-18-13(7-2-3-8-14(19)20)17-12-6-4-5-11(16)15(12)18/h4-6H,2-3,7-10H2,1H3,(H,19,20).